The Morgan fingerprint density at radius 2 is 2.00 bits per heavy atom. The topological polar surface area (TPSA) is 104 Å². The van der Waals surface area contributed by atoms with Gasteiger partial charge in [-0.25, -0.2) is 19.2 Å². The first kappa shape index (κ1) is 21.6. The lowest BCUT2D eigenvalue weighted by molar-refractivity contribution is 0.104. The van der Waals surface area contributed by atoms with Gasteiger partial charge in [-0.3, -0.25) is 0 Å². The Balaban J connectivity index is 1.46. The maximum atomic E-state index is 14.3. The van der Waals surface area contributed by atoms with Crippen LogP contribution in [0.15, 0.2) is 23.4 Å². The second-order valence-electron chi connectivity index (χ2n) is 8.30. The molecule has 0 radical (unpaired) electrons. The van der Waals surface area contributed by atoms with Crippen LogP contribution in [0.1, 0.15) is 37.2 Å². The van der Waals surface area contributed by atoms with Gasteiger partial charge in [0.2, 0.25) is 5.95 Å². The van der Waals surface area contributed by atoms with Gasteiger partial charge in [-0.15, -0.1) is 0 Å². The van der Waals surface area contributed by atoms with Crippen molar-refractivity contribution in [2.75, 3.05) is 29.9 Å². The lowest BCUT2D eigenvalue weighted by Crippen LogP contribution is -2.49. The predicted molar refractivity (Wildman–Crippen MR) is 116 cm³/mol. The van der Waals surface area contributed by atoms with Gasteiger partial charge in [-0.1, -0.05) is 17.7 Å². The largest absolute Gasteiger partial charge is 0.394 e. The Kier molecular flexibility index (Phi) is 5.37. The maximum Gasteiger partial charge on any atom is 0.331 e. The van der Waals surface area contributed by atoms with E-state index in [9.17, 15) is 18.1 Å². The van der Waals surface area contributed by atoms with Crippen LogP contribution in [0.5, 0.6) is 0 Å². The van der Waals surface area contributed by atoms with Crippen molar-refractivity contribution in [3.8, 4) is 0 Å². The van der Waals surface area contributed by atoms with E-state index in [2.05, 4.69) is 25.3 Å². The summed E-state index contributed by atoms with van der Waals surface area (Å²) in [7, 11) is -2.54. The highest BCUT2D eigenvalue weighted by molar-refractivity contribution is 7.86. The summed E-state index contributed by atoms with van der Waals surface area (Å²) in [5, 5.41) is 10.0. The lowest BCUT2D eigenvalue weighted by Gasteiger charge is -2.41. The second kappa shape index (κ2) is 7.96. The van der Waals surface area contributed by atoms with Crippen molar-refractivity contribution in [2.45, 2.75) is 47.8 Å². The third kappa shape index (κ3) is 3.75. The van der Waals surface area contributed by atoms with Crippen molar-refractivity contribution in [1.29, 1.82) is 0 Å². The molecule has 0 bridgehead atoms. The minimum atomic E-state index is -3.39. The zero-order valence-electron chi connectivity index (χ0n) is 17.0. The summed E-state index contributed by atoms with van der Waals surface area (Å²) in [6.45, 7) is 0.839. The van der Waals surface area contributed by atoms with Crippen LogP contribution in [0.25, 0.3) is 5.57 Å². The molecule has 1 aliphatic carbocycles. The van der Waals surface area contributed by atoms with E-state index >= 15 is 0 Å². The fraction of sp³-hybridized carbons (Fsp3) is 0.500. The summed E-state index contributed by atoms with van der Waals surface area (Å²) in [6, 6.07) is 0. The SMILES string of the molecule is O=[S@@]1c2c(nc(N3CC=C(c4ncc(Cl)cn4)CC3)nc2NC2(CO)CCC2)CC1(F)F. The highest BCUT2D eigenvalue weighted by atomic mass is 35.5. The lowest BCUT2D eigenvalue weighted by atomic mass is 9.77. The molecule has 2 N–H and O–H groups in total. The molecule has 5 rings (SSSR count). The zero-order chi connectivity index (χ0) is 22.5. The molecule has 32 heavy (non-hydrogen) atoms. The molecule has 1 saturated carbocycles. The fourth-order valence-electron chi connectivity index (χ4n) is 4.14. The van der Waals surface area contributed by atoms with Crippen molar-refractivity contribution < 1.29 is 18.1 Å². The number of aliphatic hydroxyl groups excluding tert-OH is 1. The molecular formula is C20H21ClF2N6O2S. The number of anilines is 2. The van der Waals surface area contributed by atoms with Gasteiger partial charge in [0.15, 0.2) is 5.82 Å². The summed E-state index contributed by atoms with van der Waals surface area (Å²) >= 11 is 5.85. The Hall–Kier alpha value is -2.24. The van der Waals surface area contributed by atoms with Crippen LogP contribution in [-0.4, -0.2) is 59.7 Å². The van der Waals surface area contributed by atoms with E-state index in [0.29, 0.717) is 49.1 Å². The zero-order valence-corrected chi connectivity index (χ0v) is 18.6. The van der Waals surface area contributed by atoms with Crippen LogP contribution in [0.4, 0.5) is 20.5 Å². The molecule has 12 heteroatoms. The van der Waals surface area contributed by atoms with Gasteiger partial charge >= 0.3 is 5.25 Å². The molecule has 0 unspecified atom stereocenters. The monoisotopic (exact) mass is 482 g/mol. The average molecular weight is 483 g/mol. The van der Waals surface area contributed by atoms with Crippen molar-refractivity contribution in [2.24, 2.45) is 0 Å². The molecule has 2 aliphatic heterocycles. The molecule has 170 valence electrons. The number of hydrogen-bond acceptors (Lipinski definition) is 8. The molecule has 2 aromatic rings. The Morgan fingerprint density at radius 1 is 1.25 bits per heavy atom. The minimum absolute atomic E-state index is 0.0544. The van der Waals surface area contributed by atoms with E-state index in [0.717, 1.165) is 12.0 Å². The number of nitrogens with one attached hydrogen (secondary N) is 1. The smallest absolute Gasteiger partial charge is 0.331 e. The second-order valence-corrected chi connectivity index (χ2v) is 10.3. The predicted octanol–water partition coefficient (Wildman–Crippen LogP) is 2.80. The number of alkyl halides is 2. The standard InChI is InChI=1S/C20H21ClF2N6O2S/c21-13-9-24-16(25-10-13)12-2-6-29(7-3-12)18-26-14-8-20(22,23)32(31)15(14)17(27-18)28-19(11-30)4-1-5-19/h2,9-10,30H,1,3-8,11H2,(H,26,27,28)/t32-/m1/s1. The Bertz CT molecular complexity index is 1100. The van der Waals surface area contributed by atoms with Crippen LogP contribution in [0.2, 0.25) is 5.02 Å². The minimum Gasteiger partial charge on any atom is -0.394 e. The van der Waals surface area contributed by atoms with Gasteiger partial charge in [0.1, 0.15) is 21.5 Å². The molecule has 2 aromatic heterocycles. The maximum absolute atomic E-state index is 14.3. The molecular weight excluding hydrogens is 462 g/mol. The molecule has 1 atom stereocenters. The van der Waals surface area contributed by atoms with Gasteiger partial charge in [0.25, 0.3) is 0 Å². The van der Waals surface area contributed by atoms with Gasteiger partial charge in [0, 0.05) is 25.5 Å². The number of nitrogens with zero attached hydrogens (tertiary/aromatic N) is 5. The normalized spacial score (nSPS) is 23.3. The van der Waals surface area contributed by atoms with Gasteiger partial charge < -0.3 is 15.3 Å². The highest BCUT2D eigenvalue weighted by Crippen LogP contribution is 2.44. The summed E-state index contributed by atoms with van der Waals surface area (Å²) in [6.07, 6.45) is 7.25. The molecule has 0 saturated heterocycles. The van der Waals surface area contributed by atoms with E-state index in [1.807, 2.05) is 11.0 Å². The molecule has 8 nitrogen and oxygen atoms in total. The first-order chi connectivity index (χ1) is 15.3. The highest BCUT2D eigenvalue weighted by Gasteiger charge is 2.50. The number of aromatic nitrogens is 4. The van der Waals surface area contributed by atoms with Crippen LogP contribution in [0.3, 0.4) is 0 Å². The number of hydrogen-bond donors (Lipinski definition) is 2. The summed E-state index contributed by atoms with van der Waals surface area (Å²) in [5.74, 6) is 1.02. The van der Waals surface area contributed by atoms with Crippen LogP contribution in [0, 0.1) is 0 Å². The first-order valence-electron chi connectivity index (χ1n) is 10.3. The van der Waals surface area contributed by atoms with Gasteiger partial charge in [0.05, 0.1) is 29.3 Å². The van der Waals surface area contributed by atoms with E-state index in [1.54, 1.807) is 0 Å². The van der Waals surface area contributed by atoms with Crippen molar-refractivity contribution in [3.05, 3.63) is 35.0 Å². The van der Waals surface area contributed by atoms with E-state index in [1.165, 1.54) is 12.4 Å². The van der Waals surface area contributed by atoms with Crippen LogP contribution in [-0.2, 0) is 17.2 Å². The Labute approximate surface area is 190 Å². The molecule has 0 amide bonds. The number of aliphatic hydroxyl groups is 1. The van der Waals surface area contributed by atoms with Crippen LogP contribution < -0.4 is 10.2 Å². The van der Waals surface area contributed by atoms with Crippen molar-refractivity contribution >= 4 is 39.7 Å². The van der Waals surface area contributed by atoms with Crippen LogP contribution >= 0.6 is 11.6 Å². The quantitative estimate of drug-likeness (QED) is 0.670. The third-order valence-corrected chi connectivity index (χ3v) is 7.83. The summed E-state index contributed by atoms with van der Waals surface area (Å²) in [5.41, 5.74) is 0.422. The molecule has 0 spiro atoms. The average Bonchev–Trinajstić information content (AvgIpc) is 2.99. The number of halogens is 3. The van der Waals surface area contributed by atoms with E-state index in [-0.39, 0.29) is 23.0 Å². The molecule has 1 fully saturated rings. The fourth-order valence-corrected chi connectivity index (χ4v) is 5.41. The molecule has 0 aromatic carbocycles. The number of fused-ring (bicyclic) bond motifs is 1. The summed E-state index contributed by atoms with van der Waals surface area (Å²) < 4.78 is 41.0. The van der Waals surface area contributed by atoms with Gasteiger partial charge in [-0.2, -0.15) is 13.8 Å². The first-order valence-corrected chi connectivity index (χ1v) is 11.8. The van der Waals surface area contributed by atoms with Crippen molar-refractivity contribution in [1.82, 2.24) is 19.9 Å². The van der Waals surface area contributed by atoms with E-state index < -0.39 is 28.0 Å². The van der Waals surface area contributed by atoms with E-state index in [4.69, 9.17) is 11.6 Å². The van der Waals surface area contributed by atoms with Crippen molar-refractivity contribution in [3.63, 3.8) is 0 Å². The number of rotatable bonds is 5. The molecule has 3 aliphatic rings. The Morgan fingerprint density at radius 3 is 2.59 bits per heavy atom. The molecule has 4 heterocycles. The third-order valence-electron chi connectivity index (χ3n) is 6.15. The summed E-state index contributed by atoms with van der Waals surface area (Å²) in [4.78, 5) is 19.1. The van der Waals surface area contributed by atoms with Gasteiger partial charge in [-0.05, 0) is 31.3 Å².